The number of nitrogens with one attached hydrogen (secondary N) is 1. The minimum atomic E-state index is -0.326. The van der Waals surface area contributed by atoms with E-state index >= 15 is 0 Å². The first-order chi connectivity index (χ1) is 12.4. The van der Waals surface area contributed by atoms with Gasteiger partial charge in [-0.15, -0.1) is 0 Å². The van der Waals surface area contributed by atoms with Crippen LogP contribution in [0.3, 0.4) is 0 Å². The monoisotopic (exact) mass is 358 g/mol. The van der Waals surface area contributed by atoms with E-state index in [-0.39, 0.29) is 23.5 Å². The summed E-state index contributed by atoms with van der Waals surface area (Å²) >= 11 is 0. The van der Waals surface area contributed by atoms with Crippen molar-refractivity contribution in [1.82, 2.24) is 20.0 Å². The Morgan fingerprint density at radius 3 is 2.92 bits per heavy atom. The summed E-state index contributed by atoms with van der Waals surface area (Å²) in [5.41, 5.74) is 2.71. The number of carbonyl (C=O) groups is 2. The van der Waals surface area contributed by atoms with Crippen molar-refractivity contribution in [3.63, 3.8) is 0 Å². The van der Waals surface area contributed by atoms with E-state index in [1.165, 1.54) is 12.1 Å². The van der Waals surface area contributed by atoms with Gasteiger partial charge < -0.3 is 10.2 Å². The van der Waals surface area contributed by atoms with Crippen molar-refractivity contribution in [3.05, 3.63) is 53.1 Å². The van der Waals surface area contributed by atoms with Gasteiger partial charge in [0, 0.05) is 44.4 Å². The third kappa shape index (κ3) is 4.09. The number of halogens is 1. The number of hydrogen-bond donors (Lipinski definition) is 1. The molecule has 1 fully saturated rings. The Labute approximate surface area is 152 Å². The Morgan fingerprint density at radius 2 is 2.23 bits per heavy atom. The molecule has 138 valence electrons. The van der Waals surface area contributed by atoms with E-state index in [0.29, 0.717) is 32.5 Å². The van der Waals surface area contributed by atoms with Crippen LogP contribution in [0.4, 0.5) is 4.39 Å². The second-order valence-electron chi connectivity index (χ2n) is 6.74. The summed E-state index contributed by atoms with van der Waals surface area (Å²) in [7, 11) is 1.86. The number of nitrogens with zero attached hydrogens (tertiary/aromatic N) is 3. The SMILES string of the molecule is Cc1c(CNC(=O)C2CCC(=O)N(Cc3cccc(F)c3)C2)cnn1C. The Bertz CT molecular complexity index is 818. The van der Waals surface area contributed by atoms with Crippen LogP contribution < -0.4 is 5.32 Å². The zero-order valence-corrected chi connectivity index (χ0v) is 15.0. The molecule has 0 spiro atoms. The second-order valence-corrected chi connectivity index (χ2v) is 6.74. The number of aryl methyl sites for hydroxylation is 1. The molecular formula is C19H23FN4O2. The molecule has 2 amide bonds. The van der Waals surface area contributed by atoms with Crippen molar-refractivity contribution in [2.75, 3.05) is 6.54 Å². The average molecular weight is 358 g/mol. The number of amides is 2. The van der Waals surface area contributed by atoms with Crippen LogP contribution >= 0.6 is 0 Å². The van der Waals surface area contributed by atoms with E-state index < -0.39 is 0 Å². The molecule has 0 radical (unpaired) electrons. The fourth-order valence-corrected chi connectivity index (χ4v) is 3.18. The third-order valence-electron chi connectivity index (χ3n) is 4.92. The topological polar surface area (TPSA) is 67.2 Å². The van der Waals surface area contributed by atoms with Gasteiger partial charge in [-0.05, 0) is 31.0 Å². The minimum absolute atomic E-state index is 0.00131. The van der Waals surface area contributed by atoms with Gasteiger partial charge in [0.15, 0.2) is 0 Å². The maximum absolute atomic E-state index is 13.3. The first-order valence-electron chi connectivity index (χ1n) is 8.71. The van der Waals surface area contributed by atoms with Gasteiger partial charge >= 0.3 is 0 Å². The number of carbonyl (C=O) groups excluding carboxylic acids is 2. The molecule has 1 aliphatic rings. The van der Waals surface area contributed by atoms with Crippen molar-refractivity contribution >= 4 is 11.8 Å². The van der Waals surface area contributed by atoms with Crippen LogP contribution in [0.2, 0.25) is 0 Å². The van der Waals surface area contributed by atoms with Crippen molar-refractivity contribution in [2.45, 2.75) is 32.9 Å². The maximum Gasteiger partial charge on any atom is 0.225 e. The predicted octanol–water partition coefficient (Wildman–Crippen LogP) is 1.92. The number of rotatable bonds is 5. The fourth-order valence-electron chi connectivity index (χ4n) is 3.18. The highest BCUT2D eigenvalue weighted by molar-refractivity contribution is 5.83. The van der Waals surface area contributed by atoms with Crippen LogP contribution in [0.1, 0.15) is 29.7 Å². The van der Waals surface area contributed by atoms with Gasteiger partial charge in [0.2, 0.25) is 11.8 Å². The first kappa shape index (κ1) is 18.1. The van der Waals surface area contributed by atoms with Crippen LogP contribution in [-0.4, -0.2) is 33.0 Å². The number of hydrogen-bond acceptors (Lipinski definition) is 3. The van der Waals surface area contributed by atoms with Crippen molar-refractivity contribution in [1.29, 1.82) is 0 Å². The number of likely N-dealkylation sites (tertiary alicyclic amines) is 1. The maximum atomic E-state index is 13.3. The number of piperidine rings is 1. The highest BCUT2D eigenvalue weighted by Gasteiger charge is 2.30. The minimum Gasteiger partial charge on any atom is -0.352 e. The average Bonchev–Trinajstić information content (AvgIpc) is 2.93. The van der Waals surface area contributed by atoms with Crippen LogP contribution in [0, 0.1) is 18.7 Å². The van der Waals surface area contributed by atoms with E-state index in [4.69, 9.17) is 0 Å². The molecule has 7 heteroatoms. The van der Waals surface area contributed by atoms with Gasteiger partial charge in [0.1, 0.15) is 5.82 Å². The summed E-state index contributed by atoms with van der Waals surface area (Å²) in [6, 6.07) is 6.20. The lowest BCUT2D eigenvalue weighted by Gasteiger charge is -2.32. The molecule has 2 aromatic rings. The zero-order valence-electron chi connectivity index (χ0n) is 15.0. The Balaban J connectivity index is 1.59. The molecule has 6 nitrogen and oxygen atoms in total. The van der Waals surface area contributed by atoms with Gasteiger partial charge in [-0.25, -0.2) is 4.39 Å². The van der Waals surface area contributed by atoms with E-state index in [1.54, 1.807) is 27.9 Å². The highest BCUT2D eigenvalue weighted by atomic mass is 19.1. The van der Waals surface area contributed by atoms with E-state index in [2.05, 4.69) is 10.4 Å². The number of aromatic nitrogens is 2. The molecule has 1 unspecified atom stereocenters. The molecular weight excluding hydrogens is 335 g/mol. The Morgan fingerprint density at radius 1 is 1.42 bits per heavy atom. The Hall–Kier alpha value is -2.70. The van der Waals surface area contributed by atoms with Gasteiger partial charge in [0.25, 0.3) is 0 Å². The first-order valence-corrected chi connectivity index (χ1v) is 8.71. The van der Waals surface area contributed by atoms with Crippen molar-refractivity contribution < 1.29 is 14.0 Å². The van der Waals surface area contributed by atoms with E-state index in [9.17, 15) is 14.0 Å². The lowest BCUT2D eigenvalue weighted by Crippen LogP contribution is -2.45. The summed E-state index contributed by atoms with van der Waals surface area (Å²) in [5.74, 6) is -0.641. The molecule has 1 aliphatic heterocycles. The quantitative estimate of drug-likeness (QED) is 0.888. The Kier molecular flexibility index (Phi) is 5.35. The largest absolute Gasteiger partial charge is 0.352 e. The molecule has 1 atom stereocenters. The molecule has 2 heterocycles. The molecule has 1 aromatic carbocycles. The van der Waals surface area contributed by atoms with Crippen LogP contribution in [0.25, 0.3) is 0 Å². The second kappa shape index (κ2) is 7.68. The molecule has 26 heavy (non-hydrogen) atoms. The summed E-state index contributed by atoms with van der Waals surface area (Å²) in [6.07, 6.45) is 2.62. The lowest BCUT2D eigenvalue weighted by molar-refractivity contribution is -0.139. The molecule has 0 aliphatic carbocycles. The molecule has 1 N–H and O–H groups in total. The van der Waals surface area contributed by atoms with Crippen LogP contribution in [-0.2, 0) is 29.7 Å². The molecule has 0 bridgehead atoms. The summed E-state index contributed by atoms with van der Waals surface area (Å²) < 4.78 is 15.1. The van der Waals surface area contributed by atoms with Crippen LogP contribution in [0.15, 0.2) is 30.5 Å². The van der Waals surface area contributed by atoms with E-state index in [1.807, 2.05) is 14.0 Å². The standard InChI is InChI=1S/C19H23FN4O2/c1-13-16(10-22-23(13)2)9-21-19(26)15-6-7-18(25)24(12-15)11-14-4-3-5-17(20)8-14/h3-5,8,10,15H,6-7,9,11-12H2,1-2H3,(H,21,26). The van der Waals surface area contributed by atoms with Crippen LogP contribution in [0.5, 0.6) is 0 Å². The van der Waals surface area contributed by atoms with E-state index in [0.717, 1.165) is 16.8 Å². The normalized spacial score (nSPS) is 17.4. The predicted molar refractivity (Wildman–Crippen MR) is 94.3 cm³/mol. The summed E-state index contributed by atoms with van der Waals surface area (Å²) in [5, 5.41) is 7.11. The highest BCUT2D eigenvalue weighted by Crippen LogP contribution is 2.20. The summed E-state index contributed by atoms with van der Waals surface area (Å²) in [6.45, 7) is 3.05. The molecule has 3 rings (SSSR count). The van der Waals surface area contributed by atoms with Gasteiger partial charge in [0.05, 0.1) is 12.1 Å². The van der Waals surface area contributed by atoms with Gasteiger partial charge in [-0.2, -0.15) is 5.10 Å². The van der Waals surface area contributed by atoms with Gasteiger partial charge in [-0.3, -0.25) is 14.3 Å². The molecule has 1 saturated heterocycles. The van der Waals surface area contributed by atoms with Gasteiger partial charge in [-0.1, -0.05) is 12.1 Å². The summed E-state index contributed by atoms with van der Waals surface area (Å²) in [4.78, 5) is 26.3. The molecule has 1 aromatic heterocycles. The smallest absolute Gasteiger partial charge is 0.225 e. The van der Waals surface area contributed by atoms with Crippen molar-refractivity contribution in [2.24, 2.45) is 13.0 Å². The number of benzene rings is 1. The molecule has 0 saturated carbocycles. The van der Waals surface area contributed by atoms with Crippen molar-refractivity contribution in [3.8, 4) is 0 Å². The fraction of sp³-hybridized carbons (Fsp3) is 0.421. The zero-order chi connectivity index (χ0) is 18.7. The lowest BCUT2D eigenvalue weighted by atomic mass is 9.96. The third-order valence-corrected chi connectivity index (χ3v) is 4.92.